The third kappa shape index (κ3) is 3.63. The molecule has 1 aromatic heterocycles. The normalized spacial score (nSPS) is 16.9. The van der Waals surface area contributed by atoms with Gasteiger partial charge in [0.15, 0.2) is 0 Å². The summed E-state index contributed by atoms with van der Waals surface area (Å²) in [6.07, 6.45) is 2.44. The first-order chi connectivity index (χ1) is 13.1. The predicted octanol–water partition coefficient (Wildman–Crippen LogP) is 1.34. The van der Waals surface area contributed by atoms with Gasteiger partial charge in [-0.25, -0.2) is 9.97 Å². The van der Waals surface area contributed by atoms with Crippen LogP contribution in [0, 0.1) is 0 Å². The molecule has 0 unspecified atom stereocenters. The molecule has 27 heavy (non-hydrogen) atoms. The summed E-state index contributed by atoms with van der Waals surface area (Å²) in [5.74, 6) is 0.737. The van der Waals surface area contributed by atoms with Gasteiger partial charge >= 0.3 is 0 Å². The quantitative estimate of drug-likeness (QED) is 0.803. The van der Waals surface area contributed by atoms with Crippen molar-refractivity contribution in [1.82, 2.24) is 19.8 Å². The van der Waals surface area contributed by atoms with Crippen molar-refractivity contribution < 1.29 is 9.59 Å². The van der Waals surface area contributed by atoms with Crippen molar-refractivity contribution in [2.24, 2.45) is 0 Å². The minimum atomic E-state index is -0.0979. The van der Waals surface area contributed by atoms with Crippen LogP contribution >= 0.6 is 0 Å². The zero-order valence-electron chi connectivity index (χ0n) is 15.5. The number of benzene rings is 1. The van der Waals surface area contributed by atoms with Crippen LogP contribution in [-0.4, -0.2) is 64.3 Å². The third-order valence-electron chi connectivity index (χ3n) is 5.34. The fourth-order valence-electron chi connectivity index (χ4n) is 3.71. The van der Waals surface area contributed by atoms with Crippen molar-refractivity contribution >= 4 is 17.6 Å². The van der Waals surface area contributed by atoms with Gasteiger partial charge in [-0.1, -0.05) is 24.3 Å². The summed E-state index contributed by atoms with van der Waals surface area (Å²) >= 11 is 0. The molecule has 0 radical (unpaired) electrons. The number of carbonyl (C=O) groups excluding carboxylic acids is 2. The molecule has 1 aromatic carbocycles. The Balaban J connectivity index is 1.47. The number of anilines is 1. The van der Waals surface area contributed by atoms with E-state index in [1.54, 1.807) is 22.8 Å². The number of hydrogen-bond acceptors (Lipinski definition) is 5. The number of aromatic nitrogens is 2. The number of nitrogens with zero attached hydrogens (tertiary/aromatic N) is 5. The van der Waals surface area contributed by atoms with Gasteiger partial charge in [0.2, 0.25) is 5.91 Å². The van der Waals surface area contributed by atoms with Crippen molar-refractivity contribution in [2.45, 2.75) is 19.9 Å². The van der Waals surface area contributed by atoms with Crippen LogP contribution in [0.1, 0.15) is 28.5 Å². The molecule has 0 spiro atoms. The Labute approximate surface area is 158 Å². The lowest BCUT2D eigenvalue weighted by molar-refractivity contribution is -0.130. The molecule has 140 valence electrons. The number of hydrogen-bond donors (Lipinski definition) is 0. The second kappa shape index (κ2) is 7.34. The molecule has 4 rings (SSSR count). The Kier molecular flexibility index (Phi) is 4.75. The molecule has 0 aliphatic carbocycles. The van der Waals surface area contributed by atoms with Gasteiger partial charge in [0.1, 0.15) is 17.8 Å². The Morgan fingerprint density at radius 1 is 0.926 bits per heavy atom. The molecule has 2 aliphatic heterocycles. The number of carbonyl (C=O) groups is 2. The summed E-state index contributed by atoms with van der Waals surface area (Å²) in [5.41, 5.74) is 3.09. The predicted molar refractivity (Wildman–Crippen MR) is 101 cm³/mol. The Bertz CT molecular complexity index is 861. The van der Waals surface area contributed by atoms with Gasteiger partial charge in [-0.2, -0.15) is 0 Å². The SMILES string of the molecule is CC(=O)N1CCN(C(=O)c2cc(N3CCc4ccccc4C3)ncn2)CC1. The first kappa shape index (κ1) is 17.5. The van der Waals surface area contributed by atoms with E-state index < -0.39 is 0 Å². The molecule has 7 nitrogen and oxygen atoms in total. The van der Waals surface area contributed by atoms with Crippen LogP contribution in [0.2, 0.25) is 0 Å². The maximum atomic E-state index is 12.8. The van der Waals surface area contributed by atoms with Gasteiger partial charge in [0.05, 0.1) is 0 Å². The van der Waals surface area contributed by atoms with Crippen LogP contribution in [0.4, 0.5) is 5.82 Å². The standard InChI is InChI=1S/C20H23N5O2/c1-15(26)23-8-10-24(11-9-23)20(27)18-12-19(22-14-21-18)25-7-6-16-4-2-3-5-17(16)13-25/h2-5,12,14H,6-11,13H2,1H3. The largest absolute Gasteiger partial charge is 0.352 e. The maximum Gasteiger partial charge on any atom is 0.272 e. The smallest absolute Gasteiger partial charge is 0.272 e. The fourth-order valence-corrected chi connectivity index (χ4v) is 3.71. The van der Waals surface area contributed by atoms with Crippen molar-refractivity contribution in [2.75, 3.05) is 37.6 Å². The molecule has 0 saturated carbocycles. The summed E-state index contributed by atoms with van der Waals surface area (Å²) in [7, 11) is 0. The van der Waals surface area contributed by atoms with E-state index in [9.17, 15) is 9.59 Å². The van der Waals surface area contributed by atoms with Crippen LogP contribution in [0.15, 0.2) is 36.7 Å². The van der Waals surface area contributed by atoms with E-state index in [-0.39, 0.29) is 11.8 Å². The molecule has 0 N–H and O–H groups in total. The van der Waals surface area contributed by atoms with Gasteiger partial charge in [-0.05, 0) is 17.5 Å². The van der Waals surface area contributed by atoms with Gasteiger partial charge in [-0.3, -0.25) is 9.59 Å². The van der Waals surface area contributed by atoms with E-state index in [1.807, 2.05) is 0 Å². The van der Waals surface area contributed by atoms with Crippen molar-refractivity contribution in [3.63, 3.8) is 0 Å². The van der Waals surface area contributed by atoms with Gasteiger partial charge in [0, 0.05) is 52.3 Å². The molecule has 3 heterocycles. The van der Waals surface area contributed by atoms with E-state index in [0.29, 0.717) is 31.9 Å². The molecule has 1 saturated heterocycles. The van der Waals surface area contributed by atoms with E-state index in [1.165, 1.54) is 17.5 Å². The highest BCUT2D eigenvalue weighted by Crippen LogP contribution is 2.23. The van der Waals surface area contributed by atoms with E-state index in [0.717, 1.165) is 25.3 Å². The number of fused-ring (bicyclic) bond motifs is 1. The van der Waals surface area contributed by atoms with Crippen LogP contribution in [0.3, 0.4) is 0 Å². The summed E-state index contributed by atoms with van der Waals surface area (Å²) in [6, 6.07) is 10.2. The average Bonchev–Trinajstić information content (AvgIpc) is 2.73. The van der Waals surface area contributed by atoms with Gasteiger partial charge in [-0.15, -0.1) is 0 Å². The average molecular weight is 365 g/mol. The Morgan fingerprint density at radius 3 is 2.37 bits per heavy atom. The molecule has 7 heteroatoms. The van der Waals surface area contributed by atoms with E-state index in [4.69, 9.17) is 0 Å². The minimum Gasteiger partial charge on any atom is -0.352 e. The first-order valence-corrected chi connectivity index (χ1v) is 9.30. The zero-order valence-corrected chi connectivity index (χ0v) is 15.5. The van der Waals surface area contributed by atoms with Crippen LogP contribution in [-0.2, 0) is 17.8 Å². The molecule has 0 atom stereocenters. The Morgan fingerprint density at radius 2 is 1.63 bits per heavy atom. The summed E-state index contributed by atoms with van der Waals surface area (Å²) in [5, 5.41) is 0. The Hall–Kier alpha value is -2.96. The topological polar surface area (TPSA) is 69.6 Å². The lowest BCUT2D eigenvalue weighted by atomic mass is 10.00. The van der Waals surface area contributed by atoms with E-state index in [2.05, 4.69) is 39.1 Å². The molecule has 2 aliphatic rings. The first-order valence-electron chi connectivity index (χ1n) is 9.30. The number of piperazine rings is 1. The lowest BCUT2D eigenvalue weighted by Crippen LogP contribution is -2.50. The summed E-state index contributed by atoms with van der Waals surface area (Å²) in [6.45, 7) is 5.44. The lowest BCUT2D eigenvalue weighted by Gasteiger charge is -2.34. The molecule has 1 fully saturated rings. The van der Waals surface area contributed by atoms with Crippen molar-refractivity contribution in [3.05, 3.63) is 53.5 Å². The molecular formula is C20H23N5O2. The van der Waals surface area contributed by atoms with Crippen LogP contribution in [0.5, 0.6) is 0 Å². The molecule has 2 amide bonds. The molecule has 2 aromatic rings. The van der Waals surface area contributed by atoms with Gasteiger partial charge in [0.25, 0.3) is 5.91 Å². The minimum absolute atomic E-state index is 0.0526. The number of rotatable bonds is 2. The van der Waals surface area contributed by atoms with Gasteiger partial charge < -0.3 is 14.7 Å². The zero-order chi connectivity index (χ0) is 18.8. The maximum absolute atomic E-state index is 12.8. The van der Waals surface area contributed by atoms with Crippen molar-refractivity contribution in [1.29, 1.82) is 0 Å². The van der Waals surface area contributed by atoms with Crippen LogP contribution in [0.25, 0.3) is 0 Å². The monoisotopic (exact) mass is 365 g/mol. The number of amides is 2. The van der Waals surface area contributed by atoms with E-state index >= 15 is 0 Å². The van der Waals surface area contributed by atoms with Crippen molar-refractivity contribution in [3.8, 4) is 0 Å². The second-order valence-electron chi connectivity index (χ2n) is 7.00. The highest BCUT2D eigenvalue weighted by molar-refractivity contribution is 5.93. The summed E-state index contributed by atoms with van der Waals surface area (Å²) < 4.78 is 0. The highest BCUT2D eigenvalue weighted by Gasteiger charge is 2.25. The fraction of sp³-hybridized carbons (Fsp3) is 0.400. The molecular weight excluding hydrogens is 342 g/mol. The summed E-state index contributed by atoms with van der Waals surface area (Å²) in [4.78, 5) is 38.6. The molecule has 0 bridgehead atoms. The highest BCUT2D eigenvalue weighted by atomic mass is 16.2. The van der Waals surface area contributed by atoms with Crippen LogP contribution < -0.4 is 4.90 Å². The third-order valence-corrected chi connectivity index (χ3v) is 5.34. The second-order valence-corrected chi connectivity index (χ2v) is 7.00.